The van der Waals surface area contributed by atoms with Gasteiger partial charge >= 0.3 is 0 Å². The molecule has 0 N–H and O–H groups in total. The first-order chi connectivity index (χ1) is 8.34. The average molecular weight is 250 g/mol. The zero-order valence-corrected chi connectivity index (χ0v) is 13.6. The van der Waals surface area contributed by atoms with Gasteiger partial charge in [-0.3, -0.25) is 0 Å². The summed E-state index contributed by atoms with van der Waals surface area (Å²) in [6.07, 6.45) is 2.99. The van der Waals surface area contributed by atoms with Crippen molar-refractivity contribution in [2.24, 2.45) is 53.3 Å². The maximum atomic E-state index is 2.52. The molecule has 0 heteroatoms. The van der Waals surface area contributed by atoms with Gasteiger partial charge in [-0.05, 0) is 66.1 Å². The predicted octanol–water partition coefficient (Wildman–Crippen LogP) is 5.48. The minimum Gasteiger partial charge on any atom is -0.0622 e. The summed E-state index contributed by atoms with van der Waals surface area (Å²) in [6, 6.07) is 0. The summed E-state index contributed by atoms with van der Waals surface area (Å²) >= 11 is 0. The lowest BCUT2D eigenvalue weighted by Gasteiger charge is -2.27. The van der Waals surface area contributed by atoms with Crippen molar-refractivity contribution < 1.29 is 0 Å². The summed E-state index contributed by atoms with van der Waals surface area (Å²) < 4.78 is 0. The smallest absolute Gasteiger partial charge is 0.0355 e. The molecule has 2 saturated carbocycles. The van der Waals surface area contributed by atoms with Crippen LogP contribution in [0.5, 0.6) is 0 Å². The third-order valence-electron chi connectivity index (χ3n) is 7.56. The highest BCUT2D eigenvalue weighted by Crippen LogP contribution is 2.52. The van der Waals surface area contributed by atoms with Crippen molar-refractivity contribution in [3.05, 3.63) is 0 Å². The fourth-order valence-electron chi connectivity index (χ4n) is 5.16. The van der Waals surface area contributed by atoms with Crippen LogP contribution in [0.4, 0.5) is 0 Å². The van der Waals surface area contributed by atoms with E-state index in [2.05, 4.69) is 48.5 Å². The lowest BCUT2D eigenvalue weighted by atomic mass is 9.78. The Bertz CT molecular complexity index is 268. The zero-order valence-electron chi connectivity index (χ0n) is 13.6. The second-order valence-corrected chi connectivity index (χ2v) is 8.03. The minimum absolute atomic E-state index is 0.927. The molecule has 8 unspecified atom stereocenters. The molecule has 0 spiro atoms. The van der Waals surface area contributed by atoms with E-state index in [-0.39, 0.29) is 0 Å². The third-order valence-corrected chi connectivity index (χ3v) is 7.56. The van der Waals surface area contributed by atoms with Gasteiger partial charge in [-0.1, -0.05) is 48.5 Å². The molecule has 18 heavy (non-hydrogen) atoms. The first kappa shape index (κ1) is 14.4. The highest BCUT2D eigenvalue weighted by atomic mass is 14.5. The van der Waals surface area contributed by atoms with Gasteiger partial charge in [-0.15, -0.1) is 0 Å². The molecule has 106 valence electrons. The number of rotatable bonds is 2. The average Bonchev–Trinajstić information content (AvgIpc) is 2.68. The Kier molecular flexibility index (Phi) is 4.14. The molecule has 0 heterocycles. The normalized spacial score (nSPS) is 57.2. The van der Waals surface area contributed by atoms with Gasteiger partial charge < -0.3 is 0 Å². The zero-order chi connectivity index (χ0) is 13.6. The van der Waals surface area contributed by atoms with E-state index < -0.39 is 0 Å². The van der Waals surface area contributed by atoms with Crippen LogP contribution in [0, 0.1) is 53.3 Å². The molecular weight excluding hydrogens is 216 g/mol. The predicted molar refractivity (Wildman–Crippen MR) is 80.4 cm³/mol. The van der Waals surface area contributed by atoms with E-state index in [4.69, 9.17) is 0 Å². The molecule has 0 saturated heterocycles. The molecule has 2 aliphatic rings. The fraction of sp³-hybridized carbons (Fsp3) is 1.00. The van der Waals surface area contributed by atoms with Crippen molar-refractivity contribution in [1.29, 1.82) is 0 Å². The van der Waals surface area contributed by atoms with Gasteiger partial charge in [0, 0.05) is 0 Å². The molecule has 0 nitrogen and oxygen atoms in total. The molecule has 2 aliphatic carbocycles. The van der Waals surface area contributed by atoms with Crippen LogP contribution >= 0.6 is 0 Å². The molecule has 0 amide bonds. The molecule has 2 rings (SSSR count). The van der Waals surface area contributed by atoms with Gasteiger partial charge in [0.2, 0.25) is 0 Å². The summed E-state index contributed by atoms with van der Waals surface area (Å²) in [6.45, 7) is 17.4. The highest BCUT2D eigenvalue weighted by Gasteiger charge is 2.44. The first-order valence-electron chi connectivity index (χ1n) is 8.34. The van der Waals surface area contributed by atoms with Crippen molar-refractivity contribution in [1.82, 2.24) is 0 Å². The van der Waals surface area contributed by atoms with Gasteiger partial charge in [-0.25, -0.2) is 0 Å². The van der Waals surface area contributed by atoms with Gasteiger partial charge in [-0.2, -0.15) is 0 Å². The van der Waals surface area contributed by atoms with Gasteiger partial charge in [0.05, 0.1) is 0 Å². The summed E-state index contributed by atoms with van der Waals surface area (Å²) in [5.41, 5.74) is 0. The lowest BCUT2D eigenvalue weighted by molar-refractivity contribution is 0.218. The Morgan fingerprint density at radius 1 is 0.611 bits per heavy atom. The van der Waals surface area contributed by atoms with Crippen LogP contribution in [0.3, 0.4) is 0 Å². The molecular formula is C18H34. The fourth-order valence-corrected chi connectivity index (χ4v) is 5.16. The maximum Gasteiger partial charge on any atom is -0.0355 e. The van der Waals surface area contributed by atoms with Crippen LogP contribution in [-0.4, -0.2) is 0 Å². The van der Waals surface area contributed by atoms with Crippen LogP contribution in [0.2, 0.25) is 0 Å². The Morgan fingerprint density at radius 2 is 1.11 bits per heavy atom. The van der Waals surface area contributed by atoms with Crippen LogP contribution in [0.15, 0.2) is 0 Å². The molecule has 0 radical (unpaired) electrons. The van der Waals surface area contributed by atoms with Crippen molar-refractivity contribution in [2.75, 3.05) is 0 Å². The van der Waals surface area contributed by atoms with Gasteiger partial charge in [0.15, 0.2) is 0 Å². The van der Waals surface area contributed by atoms with E-state index in [1.54, 1.807) is 0 Å². The summed E-state index contributed by atoms with van der Waals surface area (Å²) in [7, 11) is 0. The molecule has 2 fully saturated rings. The van der Waals surface area contributed by atoms with E-state index in [1.165, 1.54) is 12.8 Å². The monoisotopic (exact) mass is 250 g/mol. The van der Waals surface area contributed by atoms with E-state index in [1.807, 2.05) is 0 Å². The second-order valence-electron chi connectivity index (χ2n) is 8.03. The SMILES string of the molecule is CC1CC(CC2C(C)C(C)C(C)C2C)C(C)C1C. The largest absolute Gasteiger partial charge is 0.0622 e. The number of hydrogen-bond acceptors (Lipinski definition) is 0. The lowest BCUT2D eigenvalue weighted by Crippen LogP contribution is -2.20. The topological polar surface area (TPSA) is 0 Å². The van der Waals surface area contributed by atoms with Crippen LogP contribution in [-0.2, 0) is 0 Å². The molecule has 0 aliphatic heterocycles. The van der Waals surface area contributed by atoms with Crippen LogP contribution in [0.1, 0.15) is 61.3 Å². The van der Waals surface area contributed by atoms with Crippen LogP contribution < -0.4 is 0 Å². The van der Waals surface area contributed by atoms with Crippen LogP contribution in [0.25, 0.3) is 0 Å². The number of hydrogen-bond donors (Lipinski definition) is 0. The quantitative estimate of drug-likeness (QED) is 0.609. The summed E-state index contributed by atoms with van der Waals surface area (Å²) in [5.74, 6) is 8.56. The highest BCUT2D eigenvalue weighted by molar-refractivity contribution is 4.93. The molecule has 0 aromatic carbocycles. The summed E-state index contributed by atoms with van der Waals surface area (Å²) in [4.78, 5) is 0. The third kappa shape index (κ3) is 2.25. The first-order valence-corrected chi connectivity index (χ1v) is 8.34. The Labute approximate surface area is 115 Å². The molecule has 0 aromatic rings. The maximum absolute atomic E-state index is 2.52. The van der Waals surface area contributed by atoms with Crippen molar-refractivity contribution in [3.63, 3.8) is 0 Å². The Balaban J connectivity index is 2.02. The van der Waals surface area contributed by atoms with Crippen molar-refractivity contribution in [3.8, 4) is 0 Å². The summed E-state index contributed by atoms with van der Waals surface area (Å²) in [5, 5.41) is 0. The standard InChI is InChI=1S/C18H34/c1-10-8-17(14(5)11(10)2)9-18-15(6)12(3)13(4)16(18)7/h10-18H,8-9H2,1-7H3. The second kappa shape index (κ2) is 5.17. The van der Waals surface area contributed by atoms with Crippen molar-refractivity contribution >= 4 is 0 Å². The van der Waals surface area contributed by atoms with Crippen molar-refractivity contribution in [2.45, 2.75) is 61.3 Å². The van der Waals surface area contributed by atoms with E-state index in [0.717, 1.165) is 53.3 Å². The van der Waals surface area contributed by atoms with Gasteiger partial charge in [0.1, 0.15) is 0 Å². The minimum atomic E-state index is 0.927. The molecule has 8 atom stereocenters. The Hall–Kier alpha value is 0. The Morgan fingerprint density at radius 3 is 1.50 bits per heavy atom. The van der Waals surface area contributed by atoms with E-state index >= 15 is 0 Å². The van der Waals surface area contributed by atoms with E-state index in [0.29, 0.717) is 0 Å². The van der Waals surface area contributed by atoms with Gasteiger partial charge in [0.25, 0.3) is 0 Å². The van der Waals surface area contributed by atoms with E-state index in [9.17, 15) is 0 Å². The molecule has 0 bridgehead atoms. The molecule has 0 aromatic heterocycles.